The van der Waals surface area contributed by atoms with Crippen LogP contribution in [0.25, 0.3) is 11.4 Å². The summed E-state index contributed by atoms with van der Waals surface area (Å²) in [6.07, 6.45) is 1.08. The molecule has 144 valence electrons. The van der Waals surface area contributed by atoms with Crippen LogP contribution in [0.3, 0.4) is 0 Å². The zero-order valence-electron chi connectivity index (χ0n) is 15.4. The topological polar surface area (TPSA) is 82.3 Å². The lowest BCUT2D eigenvalue weighted by atomic mass is 10.1. The highest BCUT2D eigenvalue weighted by atomic mass is 19.1. The van der Waals surface area contributed by atoms with Crippen LogP contribution in [0.1, 0.15) is 35.2 Å². The lowest BCUT2D eigenvalue weighted by Crippen LogP contribution is -2.14. The van der Waals surface area contributed by atoms with E-state index in [4.69, 9.17) is 9.26 Å². The quantitative estimate of drug-likeness (QED) is 0.435. The maximum atomic E-state index is 12.9. The Morgan fingerprint density at radius 3 is 2.46 bits per heavy atom. The summed E-state index contributed by atoms with van der Waals surface area (Å²) >= 11 is 0. The summed E-state index contributed by atoms with van der Waals surface area (Å²) in [6.45, 7) is 1.72. The Labute approximate surface area is 161 Å². The molecule has 0 aliphatic heterocycles. The number of esters is 1. The number of hydrogen-bond donors (Lipinski definition) is 0. The van der Waals surface area contributed by atoms with Gasteiger partial charge in [-0.25, -0.2) is 4.39 Å². The Hall–Kier alpha value is -3.35. The summed E-state index contributed by atoms with van der Waals surface area (Å²) in [7, 11) is 0. The number of rotatable bonds is 8. The number of hydrogen-bond acceptors (Lipinski definition) is 6. The monoisotopic (exact) mass is 382 g/mol. The molecule has 0 aliphatic rings. The standard InChI is InChI=1S/C21H19FN2O4/c1-2-14-3-5-15(6-4-14)18(25)13-27-20(26)12-11-19-23-21(24-28-19)16-7-9-17(22)10-8-16/h3-10H,2,11-13H2,1H3. The van der Waals surface area contributed by atoms with Gasteiger partial charge in [-0.05, 0) is 36.2 Å². The van der Waals surface area contributed by atoms with E-state index in [0.29, 0.717) is 17.0 Å². The largest absolute Gasteiger partial charge is 0.457 e. The average molecular weight is 382 g/mol. The third kappa shape index (κ3) is 5.09. The number of benzene rings is 2. The van der Waals surface area contributed by atoms with Crippen molar-refractivity contribution >= 4 is 11.8 Å². The zero-order chi connectivity index (χ0) is 19.9. The van der Waals surface area contributed by atoms with Crippen molar-refractivity contribution in [3.05, 3.63) is 71.4 Å². The highest BCUT2D eigenvalue weighted by Crippen LogP contribution is 2.16. The molecule has 0 aliphatic carbocycles. The smallest absolute Gasteiger partial charge is 0.306 e. The van der Waals surface area contributed by atoms with Crippen LogP contribution < -0.4 is 0 Å². The first-order valence-corrected chi connectivity index (χ1v) is 8.91. The van der Waals surface area contributed by atoms with E-state index in [1.807, 2.05) is 19.1 Å². The van der Waals surface area contributed by atoms with Crippen molar-refractivity contribution in [2.45, 2.75) is 26.2 Å². The van der Waals surface area contributed by atoms with Crippen molar-refractivity contribution in [3.8, 4) is 11.4 Å². The van der Waals surface area contributed by atoms with Crippen molar-refractivity contribution in [1.82, 2.24) is 10.1 Å². The lowest BCUT2D eigenvalue weighted by molar-refractivity contribution is -0.142. The first-order valence-electron chi connectivity index (χ1n) is 8.91. The molecule has 0 fully saturated rings. The summed E-state index contributed by atoms with van der Waals surface area (Å²) in [5, 5.41) is 3.81. The van der Waals surface area contributed by atoms with Crippen molar-refractivity contribution < 1.29 is 23.2 Å². The van der Waals surface area contributed by atoms with Gasteiger partial charge in [-0.1, -0.05) is 36.3 Å². The molecule has 0 N–H and O–H groups in total. The van der Waals surface area contributed by atoms with E-state index in [1.165, 1.54) is 24.3 Å². The van der Waals surface area contributed by atoms with E-state index in [2.05, 4.69) is 10.1 Å². The van der Waals surface area contributed by atoms with Crippen LogP contribution in [0.5, 0.6) is 0 Å². The molecule has 1 heterocycles. The van der Waals surface area contributed by atoms with Gasteiger partial charge in [0.15, 0.2) is 12.4 Å². The number of halogens is 1. The molecule has 0 saturated carbocycles. The number of Topliss-reactive ketones (excluding diaryl/α,β-unsaturated/α-hetero) is 1. The van der Waals surface area contributed by atoms with E-state index in [9.17, 15) is 14.0 Å². The first kappa shape index (κ1) is 19.4. The lowest BCUT2D eigenvalue weighted by Gasteiger charge is -2.04. The fraction of sp³-hybridized carbons (Fsp3) is 0.238. The summed E-state index contributed by atoms with van der Waals surface area (Å²) in [5.74, 6) is -0.564. The molecule has 28 heavy (non-hydrogen) atoms. The number of ether oxygens (including phenoxy) is 1. The fourth-order valence-corrected chi connectivity index (χ4v) is 2.51. The summed E-state index contributed by atoms with van der Waals surface area (Å²) < 4.78 is 23.1. The molecular formula is C21H19FN2O4. The molecule has 1 aromatic heterocycles. The van der Waals surface area contributed by atoms with Crippen LogP contribution in [-0.4, -0.2) is 28.5 Å². The van der Waals surface area contributed by atoms with Crippen molar-refractivity contribution in [1.29, 1.82) is 0 Å². The van der Waals surface area contributed by atoms with Gasteiger partial charge in [-0.2, -0.15) is 4.98 Å². The third-order valence-corrected chi connectivity index (χ3v) is 4.16. The predicted molar refractivity (Wildman–Crippen MR) is 99.1 cm³/mol. The number of carbonyl (C=O) groups is 2. The minimum atomic E-state index is -0.528. The van der Waals surface area contributed by atoms with Gasteiger partial charge in [-0.3, -0.25) is 9.59 Å². The van der Waals surface area contributed by atoms with E-state index in [-0.39, 0.29) is 36.9 Å². The number of aromatic nitrogens is 2. The second-order valence-corrected chi connectivity index (χ2v) is 6.15. The van der Waals surface area contributed by atoms with Crippen LogP contribution >= 0.6 is 0 Å². The highest BCUT2D eigenvalue weighted by Gasteiger charge is 2.13. The number of carbonyl (C=O) groups excluding carboxylic acids is 2. The molecule has 0 atom stereocenters. The third-order valence-electron chi connectivity index (χ3n) is 4.16. The Kier molecular flexibility index (Phi) is 6.26. The average Bonchev–Trinajstić information content (AvgIpc) is 3.20. The van der Waals surface area contributed by atoms with Crippen LogP contribution in [0, 0.1) is 5.82 Å². The van der Waals surface area contributed by atoms with Crippen molar-refractivity contribution in [2.24, 2.45) is 0 Å². The molecule has 0 amide bonds. The minimum Gasteiger partial charge on any atom is -0.457 e. The van der Waals surface area contributed by atoms with Crippen LogP contribution in [-0.2, 0) is 22.4 Å². The summed E-state index contributed by atoms with van der Waals surface area (Å²) in [6, 6.07) is 12.9. The van der Waals surface area contributed by atoms with Crippen LogP contribution in [0.4, 0.5) is 4.39 Å². The molecule has 3 aromatic rings. The molecule has 0 spiro atoms. The van der Waals surface area contributed by atoms with Crippen molar-refractivity contribution in [3.63, 3.8) is 0 Å². The molecule has 6 nitrogen and oxygen atoms in total. The SMILES string of the molecule is CCc1ccc(C(=O)COC(=O)CCc2nc(-c3ccc(F)cc3)no2)cc1. The van der Waals surface area contributed by atoms with E-state index in [0.717, 1.165) is 12.0 Å². The number of ketones is 1. The molecular weight excluding hydrogens is 363 g/mol. The highest BCUT2D eigenvalue weighted by molar-refractivity contribution is 5.97. The van der Waals surface area contributed by atoms with Gasteiger partial charge in [0.1, 0.15) is 5.82 Å². The number of nitrogens with zero attached hydrogens (tertiary/aromatic N) is 2. The second-order valence-electron chi connectivity index (χ2n) is 6.15. The zero-order valence-corrected chi connectivity index (χ0v) is 15.4. The van der Waals surface area contributed by atoms with Gasteiger partial charge in [-0.15, -0.1) is 0 Å². The van der Waals surface area contributed by atoms with E-state index >= 15 is 0 Å². The predicted octanol–water partition coefficient (Wildman–Crippen LogP) is 3.80. The summed E-state index contributed by atoms with van der Waals surface area (Å²) in [5.41, 5.74) is 2.25. The van der Waals surface area contributed by atoms with E-state index < -0.39 is 5.97 Å². The molecule has 0 radical (unpaired) electrons. The van der Waals surface area contributed by atoms with Gasteiger partial charge >= 0.3 is 5.97 Å². The first-order chi connectivity index (χ1) is 13.5. The van der Waals surface area contributed by atoms with Gasteiger partial charge in [0, 0.05) is 17.5 Å². The fourth-order valence-electron chi connectivity index (χ4n) is 2.51. The molecule has 7 heteroatoms. The second kappa shape index (κ2) is 9.03. The number of aryl methyl sites for hydroxylation is 2. The van der Waals surface area contributed by atoms with Crippen molar-refractivity contribution in [2.75, 3.05) is 6.61 Å². The van der Waals surface area contributed by atoms with Gasteiger partial charge in [0.2, 0.25) is 11.7 Å². The molecule has 3 rings (SSSR count). The van der Waals surface area contributed by atoms with Crippen LogP contribution in [0.15, 0.2) is 53.1 Å². The Balaban J connectivity index is 1.46. The maximum absolute atomic E-state index is 12.9. The molecule has 2 aromatic carbocycles. The minimum absolute atomic E-state index is 0.00705. The molecule has 0 unspecified atom stereocenters. The summed E-state index contributed by atoms with van der Waals surface area (Å²) in [4.78, 5) is 28.1. The molecule has 0 bridgehead atoms. The van der Waals surface area contributed by atoms with Crippen LogP contribution in [0.2, 0.25) is 0 Å². The normalized spacial score (nSPS) is 10.6. The Morgan fingerprint density at radius 1 is 1.07 bits per heavy atom. The Morgan fingerprint density at radius 2 is 1.79 bits per heavy atom. The van der Waals surface area contributed by atoms with Gasteiger partial charge in [0.05, 0.1) is 6.42 Å². The van der Waals surface area contributed by atoms with Gasteiger partial charge < -0.3 is 9.26 Å². The Bertz CT molecular complexity index is 949. The van der Waals surface area contributed by atoms with Gasteiger partial charge in [0.25, 0.3) is 0 Å². The van der Waals surface area contributed by atoms with E-state index in [1.54, 1.807) is 12.1 Å². The molecule has 0 saturated heterocycles. The maximum Gasteiger partial charge on any atom is 0.306 e.